The third-order valence-corrected chi connectivity index (χ3v) is 2.65. The van der Waals surface area contributed by atoms with Crippen LogP contribution in [0.5, 0.6) is 11.5 Å². The second-order valence-electron chi connectivity index (χ2n) is 3.83. The van der Waals surface area contributed by atoms with Gasteiger partial charge in [-0.1, -0.05) is 13.3 Å². The van der Waals surface area contributed by atoms with Gasteiger partial charge >= 0.3 is 0 Å². The Balaban J connectivity index is 3.33. The van der Waals surface area contributed by atoms with Gasteiger partial charge in [-0.2, -0.15) is 0 Å². The first kappa shape index (κ1) is 14.2. The van der Waals surface area contributed by atoms with Gasteiger partial charge in [-0.05, 0) is 12.5 Å². The van der Waals surface area contributed by atoms with Gasteiger partial charge in [0.2, 0.25) is 0 Å². The number of nitro benzene ring substituents is 1. The van der Waals surface area contributed by atoms with Gasteiger partial charge in [0.05, 0.1) is 36.9 Å². The molecule has 0 aromatic heterocycles. The summed E-state index contributed by atoms with van der Waals surface area (Å²) in [4.78, 5) is 10.5. The Hall–Kier alpha value is -1.82. The number of nitro groups is 1. The van der Waals surface area contributed by atoms with Crippen LogP contribution >= 0.6 is 0 Å². The molecule has 1 aromatic carbocycles. The normalized spacial score (nSPS) is 12.0. The van der Waals surface area contributed by atoms with E-state index in [1.807, 2.05) is 6.92 Å². The number of nitrogens with zero attached hydrogens (tertiary/aromatic N) is 1. The molecule has 6 nitrogen and oxygen atoms in total. The van der Waals surface area contributed by atoms with Gasteiger partial charge in [0.15, 0.2) is 11.5 Å². The highest BCUT2D eigenvalue weighted by Gasteiger charge is 2.23. The van der Waals surface area contributed by atoms with E-state index in [1.165, 1.54) is 26.4 Å². The molecule has 0 heterocycles. The number of aliphatic hydroxyl groups excluding tert-OH is 1. The minimum atomic E-state index is -0.879. The minimum Gasteiger partial charge on any atom is -0.493 e. The summed E-state index contributed by atoms with van der Waals surface area (Å²) in [6.45, 7) is 1.90. The monoisotopic (exact) mass is 255 g/mol. The lowest BCUT2D eigenvalue weighted by atomic mass is 10.0. The van der Waals surface area contributed by atoms with Crippen molar-refractivity contribution in [1.82, 2.24) is 0 Å². The van der Waals surface area contributed by atoms with E-state index < -0.39 is 11.0 Å². The zero-order valence-corrected chi connectivity index (χ0v) is 10.7. The Bertz CT molecular complexity index is 433. The molecule has 18 heavy (non-hydrogen) atoms. The van der Waals surface area contributed by atoms with Crippen molar-refractivity contribution in [2.24, 2.45) is 0 Å². The zero-order chi connectivity index (χ0) is 13.7. The van der Waals surface area contributed by atoms with Crippen molar-refractivity contribution < 1.29 is 19.5 Å². The van der Waals surface area contributed by atoms with Crippen LogP contribution in [0.2, 0.25) is 0 Å². The fraction of sp³-hybridized carbons (Fsp3) is 0.500. The predicted octanol–water partition coefficient (Wildman–Crippen LogP) is 2.45. The number of benzene rings is 1. The summed E-state index contributed by atoms with van der Waals surface area (Å²) < 4.78 is 10.1. The summed E-state index contributed by atoms with van der Waals surface area (Å²) in [5.41, 5.74) is 0.0908. The molecule has 0 amide bonds. The average molecular weight is 255 g/mol. The fourth-order valence-electron chi connectivity index (χ4n) is 1.74. The van der Waals surface area contributed by atoms with Crippen LogP contribution in [0.3, 0.4) is 0 Å². The van der Waals surface area contributed by atoms with Gasteiger partial charge in [-0.15, -0.1) is 0 Å². The van der Waals surface area contributed by atoms with Gasteiger partial charge < -0.3 is 14.6 Å². The second kappa shape index (κ2) is 6.20. The summed E-state index contributed by atoms with van der Waals surface area (Å²) in [6.07, 6.45) is 0.304. The molecular weight excluding hydrogens is 238 g/mol. The van der Waals surface area contributed by atoms with Crippen LogP contribution in [0.15, 0.2) is 12.1 Å². The van der Waals surface area contributed by atoms with Crippen LogP contribution in [0.4, 0.5) is 5.69 Å². The number of aliphatic hydroxyl groups is 1. The fourth-order valence-corrected chi connectivity index (χ4v) is 1.74. The zero-order valence-electron chi connectivity index (χ0n) is 10.7. The van der Waals surface area contributed by atoms with E-state index in [2.05, 4.69) is 0 Å². The van der Waals surface area contributed by atoms with Crippen molar-refractivity contribution in [3.8, 4) is 11.5 Å². The molecule has 1 N–H and O–H groups in total. The van der Waals surface area contributed by atoms with Crippen LogP contribution < -0.4 is 9.47 Å². The van der Waals surface area contributed by atoms with E-state index in [9.17, 15) is 15.2 Å². The maximum Gasteiger partial charge on any atom is 0.279 e. The SMILES string of the molecule is CCCC(O)c1cc(OC)c(OC)cc1[N+](=O)[O-]. The van der Waals surface area contributed by atoms with Gasteiger partial charge in [-0.3, -0.25) is 10.1 Å². The first-order chi connectivity index (χ1) is 8.54. The van der Waals surface area contributed by atoms with Gasteiger partial charge in [0.1, 0.15) is 0 Å². The van der Waals surface area contributed by atoms with E-state index in [-0.39, 0.29) is 17.0 Å². The number of hydrogen-bond donors (Lipinski definition) is 1. The quantitative estimate of drug-likeness (QED) is 0.623. The van der Waals surface area contributed by atoms with Gasteiger partial charge in [0.25, 0.3) is 5.69 Å². The molecule has 0 aliphatic rings. The molecule has 0 saturated carbocycles. The molecule has 1 unspecified atom stereocenters. The van der Waals surface area contributed by atoms with Crippen LogP contribution in [0.25, 0.3) is 0 Å². The first-order valence-electron chi connectivity index (χ1n) is 5.63. The summed E-state index contributed by atoms with van der Waals surface area (Å²) in [7, 11) is 2.85. The molecule has 0 saturated heterocycles. The van der Waals surface area contributed by atoms with Gasteiger partial charge in [0, 0.05) is 0 Å². The summed E-state index contributed by atoms with van der Waals surface area (Å²) in [6, 6.07) is 2.73. The summed E-state index contributed by atoms with van der Waals surface area (Å²) >= 11 is 0. The molecule has 1 aromatic rings. The topological polar surface area (TPSA) is 81.8 Å². The maximum atomic E-state index is 11.0. The number of methoxy groups -OCH3 is 2. The van der Waals surface area contributed by atoms with Crippen molar-refractivity contribution in [2.75, 3.05) is 14.2 Å². The predicted molar refractivity (Wildman–Crippen MR) is 66.1 cm³/mol. The van der Waals surface area contributed by atoms with E-state index in [1.54, 1.807) is 0 Å². The number of hydrogen-bond acceptors (Lipinski definition) is 5. The highest BCUT2D eigenvalue weighted by atomic mass is 16.6. The smallest absolute Gasteiger partial charge is 0.279 e. The van der Waals surface area contributed by atoms with E-state index in [0.717, 1.165) is 6.42 Å². The molecule has 6 heteroatoms. The molecule has 1 rings (SSSR count). The largest absolute Gasteiger partial charge is 0.493 e. The van der Waals surface area contributed by atoms with E-state index in [4.69, 9.17) is 9.47 Å². The van der Waals surface area contributed by atoms with E-state index in [0.29, 0.717) is 12.2 Å². The molecule has 100 valence electrons. The van der Waals surface area contributed by atoms with Gasteiger partial charge in [-0.25, -0.2) is 0 Å². The molecular formula is C12H17NO5. The lowest BCUT2D eigenvalue weighted by molar-refractivity contribution is -0.386. The van der Waals surface area contributed by atoms with Crippen molar-refractivity contribution in [3.05, 3.63) is 27.8 Å². The molecule has 0 radical (unpaired) electrons. The minimum absolute atomic E-state index is 0.159. The van der Waals surface area contributed by atoms with Crippen molar-refractivity contribution >= 4 is 5.69 Å². The second-order valence-corrected chi connectivity index (χ2v) is 3.83. The highest BCUT2D eigenvalue weighted by Crippen LogP contribution is 2.38. The van der Waals surface area contributed by atoms with Crippen molar-refractivity contribution in [2.45, 2.75) is 25.9 Å². The molecule has 0 aliphatic carbocycles. The van der Waals surface area contributed by atoms with Crippen molar-refractivity contribution in [1.29, 1.82) is 0 Å². The molecule has 0 aliphatic heterocycles. The Labute approximate surface area is 105 Å². The molecule has 0 spiro atoms. The lowest BCUT2D eigenvalue weighted by Gasteiger charge is -2.14. The summed E-state index contributed by atoms with van der Waals surface area (Å²) in [5.74, 6) is 0.643. The average Bonchev–Trinajstić information content (AvgIpc) is 2.37. The Kier molecular flexibility index (Phi) is 4.91. The molecule has 0 fully saturated rings. The Morgan fingerprint density at radius 1 is 1.33 bits per heavy atom. The third kappa shape index (κ3) is 2.89. The Morgan fingerprint density at radius 2 is 1.89 bits per heavy atom. The third-order valence-electron chi connectivity index (χ3n) is 2.65. The van der Waals surface area contributed by atoms with Crippen LogP contribution in [0, 0.1) is 10.1 Å². The summed E-state index contributed by atoms with van der Waals surface area (Å²) in [5, 5.41) is 20.9. The van der Waals surface area contributed by atoms with Crippen LogP contribution in [-0.2, 0) is 0 Å². The van der Waals surface area contributed by atoms with Crippen LogP contribution in [-0.4, -0.2) is 24.2 Å². The number of rotatable bonds is 6. The van der Waals surface area contributed by atoms with Crippen LogP contribution in [0.1, 0.15) is 31.4 Å². The van der Waals surface area contributed by atoms with Crippen molar-refractivity contribution in [3.63, 3.8) is 0 Å². The Morgan fingerprint density at radius 3 is 2.33 bits per heavy atom. The maximum absolute atomic E-state index is 11.0. The lowest BCUT2D eigenvalue weighted by Crippen LogP contribution is -2.04. The molecule has 1 atom stereocenters. The number of ether oxygens (including phenoxy) is 2. The molecule has 0 bridgehead atoms. The first-order valence-corrected chi connectivity index (χ1v) is 5.63. The standard InChI is InChI=1S/C12H17NO5/c1-4-5-10(14)8-6-11(17-2)12(18-3)7-9(8)13(15)16/h6-7,10,14H,4-5H2,1-3H3. The van der Waals surface area contributed by atoms with E-state index >= 15 is 0 Å². The highest BCUT2D eigenvalue weighted by molar-refractivity contribution is 5.55.